The van der Waals surface area contributed by atoms with Gasteiger partial charge in [-0.2, -0.15) is 0 Å². The molecule has 5 aliphatic rings. The van der Waals surface area contributed by atoms with Gasteiger partial charge in [0.1, 0.15) is 0 Å². The van der Waals surface area contributed by atoms with Gasteiger partial charge in [0.25, 0.3) is 0 Å². The fourth-order valence-corrected chi connectivity index (χ4v) is 4.89. The van der Waals surface area contributed by atoms with Crippen molar-refractivity contribution in [2.45, 2.75) is 25.8 Å². The summed E-state index contributed by atoms with van der Waals surface area (Å²) in [6.07, 6.45) is 2.33. The van der Waals surface area contributed by atoms with Gasteiger partial charge in [0, 0.05) is 84.6 Å². The van der Waals surface area contributed by atoms with E-state index in [1.54, 1.807) is 0 Å². The molecule has 0 aliphatic carbocycles. The summed E-state index contributed by atoms with van der Waals surface area (Å²) in [7, 11) is 0. The van der Waals surface area contributed by atoms with Crippen molar-refractivity contribution in [3.63, 3.8) is 0 Å². The molecule has 1 amide bonds. The smallest absolute Gasteiger partial charge is 0.236 e. The highest BCUT2D eigenvalue weighted by atomic mass is 16.2. The van der Waals surface area contributed by atoms with Crippen LogP contribution in [0.15, 0.2) is 4.99 Å². The zero-order chi connectivity index (χ0) is 19.3. The van der Waals surface area contributed by atoms with Crippen molar-refractivity contribution in [1.29, 1.82) is 0 Å². The fourth-order valence-electron chi connectivity index (χ4n) is 4.89. The number of rotatable bonds is 5. The van der Waals surface area contributed by atoms with Gasteiger partial charge in [-0.15, -0.1) is 0 Å². The first-order valence-corrected chi connectivity index (χ1v) is 11.2. The average Bonchev–Trinajstić information content (AvgIpc) is 3.28. The minimum atomic E-state index is 0.308. The van der Waals surface area contributed by atoms with Crippen molar-refractivity contribution in [3.05, 3.63) is 0 Å². The van der Waals surface area contributed by atoms with Crippen LogP contribution >= 0.6 is 0 Å². The lowest BCUT2D eigenvalue weighted by atomic mass is 10.1. The van der Waals surface area contributed by atoms with E-state index in [9.17, 15) is 4.79 Å². The molecule has 0 saturated carbocycles. The summed E-state index contributed by atoms with van der Waals surface area (Å²) in [5.74, 6) is 1.36. The molecule has 1 atom stereocenters. The van der Waals surface area contributed by atoms with E-state index in [1.165, 1.54) is 26.2 Å². The maximum absolute atomic E-state index is 12.4. The maximum Gasteiger partial charge on any atom is 0.236 e. The van der Waals surface area contributed by atoms with Crippen LogP contribution in [0.5, 0.6) is 0 Å². The Bertz CT molecular complexity index is 547. The molecule has 5 rings (SSSR count). The number of piperazine rings is 4. The highest BCUT2D eigenvalue weighted by Crippen LogP contribution is 2.16. The summed E-state index contributed by atoms with van der Waals surface area (Å²) >= 11 is 0. The van der Waals surface area contributed by atoms with E-state index in [2.05, 4.69) is 31.8 Å². The fraction of sp³-hybridized carbons (Fsp3) is 0.900. The van der Waals surface area contributed by atoms with E-state index in [0.29, 0.717) is 18.5 Å². The van der Waals surface area contributed by atoms with Gasteiger partial charge in [0.05, 0.1) is 13.1 Å². The van der Waals surface area contributed by atoms with Gasteiger partial charge in [-0.25, -0.2) is 0 Å². The third-order valence-electron chi connectivity index (χ3n) is 6.67. The normalized spacial score (nSPS) is 31.5. The molecule has 0 aromatic heterocycles. The second kappa shape index (κ2) is 9.41. The molecule has 158 valence electrons. The highest BCUT2D eigenvalue weighted by Gasteiger charge is 2.32. The third kappa shape index (κ3) is 4.78. The van der Waals surface area contributed by atoms with Crippen LogP contribution in [0.4, 0.5) is 0 Å². The van der Waals surface area contributed by atoms with Crippen molar-refractivity contribution in [2.75, 3.05) is 91.6 Å². The largest absolute Gasteiger partial charge is 0.357 e. The van der Waals surface area contributed by atoms with Crippen LogP contribution in [-0.2, 0) is 4.79 Å². The van der Waals surface area contributed by atoms with Crippen LogP contribution in [0.2, 0.25) is 0 Å². The van der Waals surface area contributed by atoms with E-state index in [-0.39, 0.29) is 0 Å². The molecule has 5 aliphatic heterocycles. The van der Waals surface area contributed by atoms with Gasteiger partial charge < -0.3 is 15.1 Å². The van der Waals surface area contributed by atoms with Crippen molar-refractivity contribution >= 4 is 11.9 Å². The van der Waals surface area contributed by atoms with E-state index in [4.69, 9.17) is 4.99 Å². The van der Waals surface area contributed by atoms with Gasteiger partial charge in [0.2, 0.25) is 5.91 Å². The minimum Gasteiger partial charge on any atom is -0.357 e. The minimum absolute atomic E-state index is 0.308. The van der Waals surface area contributed by atoms with Crippen LogP contribution in [0.1, 0.15) is 19.8 Å². The molecule has 1 unspecified atom stereocenters. The average molecular weight is 392 g/mol. The molecule has 8 nitrogen and oxygen atoms in total. The lowest BCUT2D eigenvalue weighted by molar-refractivity contribution is -0.131. The Kier molecular flexibility index (Phi) is 6.69. The zero-order valence-electron chi connectivity index (χ0n) is 17.5. The molecule has 0 spiro atoms. The standard InChI is InChI=1S/C20H37N7O/c1-2-21-20(22-15-18-16-23-7-11-25(18)12-8-23)27-13-9-24(10-14-27)17-19(28)26-5-3-4-6-26/h18H,2-17H2,1H3,(H,21,22). The predicted octanol–water partition coefficient (Wildman–Crippen LogP) is -0.808. The lowest BCUT2D eigenvalue weighted by Crippen LogP contribution is -2.62. The van der Waals surface area contributed by atoms with Crippen LogP contribution in [0, 0.1) is 0 Å². The number of fused-ring (bicyclic) bond motifs is 3. The number of hydrogen-bond acceptors (Lipinski definition) is 5. The Morgan fingerprint density at radius 1 is 0.929 bits per heavy atom. The van der Waals surface area contributed by atoms with Crippen molar-refractivity contribution in [3.8, 4) is 0 Å². The SMILES string of the molecule is CCNC(=NCC1CN2CCN1CC2)N1CCN(CC(=O)N2CCCC2)CC1. The molecular weight excluding hydrogens is 354 g/mol. The second-order valence-electron chi connectivity index (χ2n) is 8.54. The summed E-state index contributed by atoms with van der Waals surface area (Å²) < 4.78 is 0. The van der Waals surface area contributed by atoms with Crippen LogP contribution in [0.25, 0.3) is 0 Å². The van der Waals surface area contributed by atoms with Gasteiger partial charge in [-0.3, -0.25) is 24.5 Å². The van der Waals surface area contributed by atoms with E-state index in [1.807, 2.05) is 4.90 Å². The number of amides is 1. The Hall–Kier alpha value is -1.38. The zero-order valence-corrected chi connectivity index (χ0v) is 17.5. The Labute approximate surface area is 169 Å². The van der Waals surface area contributed by atoms with Gasteiger partial charge in [-0.1, -0.05) is 0 Å². The molecule has 0 radical (unpaired) electrons. The molecule has 28 heavy (non-hydrogen) atoms. The van der Waals surface area contributed by atoms with Crippen LogP contribution < -0.4 is 5.32 Å². The molecule has 5 saturated heterocycles. The summed E-state index contributed by atoms with van der Waals surface area (Å²) in [4.78, 5) is 29.3. The number of carbonyl (C=O) groups is 1. The summed E-state index contributed by atoms with van der Waals surface area (Å²) in [6.45, 7) is 16.1. The van der Waals surface area contributed by atoms with Gasteiger partial charge in [-0.05, 0) is 19.8 Å². The number of likely N-dealkylation sites (tertiary alicyclic amines) is 1. The summed E-state index contributed by atoms with van der Waals surface area (Å²) in [5, 5.41) is 3.49. The van der Waals surface area contributed by atoms with Crippen LogP contribution in [0.3, 0.4) is 0 Å². The van der Waals surface area contributed by atoms with Crippen molar-refractivity contribution in [2.24, 2.45) is 4.99 Å². The first-order chi connectivity index (χ1) is 13.7. The highest BCUT2D eigenvalue weighted by molar-refractivity contribution is 5.80. The summed E-state index contributed by atoms with van der Waals surface area (Å²) in [5.41, 5.74) is 0. The molecule has 2 bridgehead atoms. The number of nitrogens with zero attached hydrogens (tertiary/aromatic N) is 6. The van der Waals surface area contributed by atoms with Gasteiger partial charge in [0.15, 0.2) is 5.96 Å². The van der Waals surface area contributed by atoms with Crippen LogP contribution in [-0.4, -0.2) is 134 Å². The first-order valence-electron chi connectivity index (χ1n) is 11.2. The first kappa shape index (κ1) is 19.9. The number of nitrogens with one attached hydrogen (secondary N) is 1. The molecule has 0 aromatic rings. The van der Waals surface area contributed by atoms with Crippen molar-refractivity contribution in [1.82, 2.24) is 29.8 Å². The van der Waals surface area contributed by atoms with E-state index in [0.717, 1.165) is 77.7 Å². The second-order valence-corrected chi connectivity index (χ2v) is 8.54. The Morgan fingerprint density at radius 2 is 1.64 bits per heavy atom. The molecule has 8 heteroatoms. The monoisotopic (exact) mass is 391 g/mol. The lowest BCUT2D eigenvalue weighted by Gasteiger charge is -2.47. The number of guanidine groups is 1. The van der Waals surface area contributed by atoms with E-state index >= 15 is 0 Å². The number of carbonyl (C=O) groups excluding carboxylic acids is 1. The molecule has 5 fully saturated rings. The molecular formula is C20H37N7O. The predicted molar refractivity (Wildman–Crippen MR) is 112 cm³/mol. The van der Waals surface area contributed by atoms with Crippen molar-refractivity contribution < 1.29 is 4.79 Å². The molecule has 0 aromatic carbocycles. The third-order valence-corrected chi connectivity index (χ3v) is 6.67. The van der Waals surface area contributed by atoms with Gasteiger partial charge >= 0.3 is 0 Å². The maximum atomic E-state index is 12.4. The number of aliphatic imine (C=N–C) groups is 1. The topological polar surface area (TPSA) is 57.7 Å². The number of hydrogen-bond donors (Lipinski definition) is 1. The van der Waals surface area contributed by atoms with E-state index < -0.39 is 0 Å². The molecule has 1 N–H and O–H groups in total. The quantitative estimate of drug-likeness (QED) is 0.489. The Balaban J connectivity index is 1.26. The summed E-state index contributed by atoms with van der Waals surface area (Å²) in [6, 6.07) is 0.565. The Morgan fingerprint density at radius 3 is 2.25 bits per heavy atom. The molecule has 5 heterocycles.